The van der Waals surface area contributed by atoms with Gasteiger partial charge in [-0.25, -0.2) is 14.4 Å². The van der Waals surface area contributed by atoms with Crippen molar-refractivity contribution in [2.24, 2.45) is 0 Å². The summed E-state index contributed by atoms with van der Waals surface area (Å²) in [4.78, 5) is 12.5. The predicted octanol–water partition coefficient (Wildman–Crippen LogP) is 3.69. The van der Waals surface area contributed by atoms with Gasteiger partial charge in [-0.05, 0) is 23.8 Å². The number of hydrogen-bond donors (Lipinski definition) is 0. The van der Waals surface area contributed by atoms with Gasteiger partial charge in [-0.1, -0.05) is 6.07 Å². The molecule has 0 N–H and O–H groups in total. The molecule has 1 aromatic carbocycles. The number of aromatic nitrogens is 5. The molecule has 0 aliphatic rings. The number of rotatable bonds is 6. The number of halogens is 3. The maximum absolute atomic E-state index is 13.7. The highest BCUT2D eigenvalue weighted by Crippen LogP contribution is 2.29. The van der Waals surface area contributed by atoms with Crippen molar-refractivity contribution in [2.45, 2.75) is 13.2 Å². The van der Waals surface area contributed by atoms with E-state index in [1.54, 1.807) is 29.2 Å². The molecular formula is C19H14F3N5O2. The molecule has 0 atom stereocenters. The molecule has 0 amide bonds. The normalized spacial score (nSPS) is 11.2. The Morgan fingerprint density at radius 1 is 1.03 bits per heavy atom. The van der Waals surface area contributed by atoms with Crippen LogP contribution in [0.5, 0.6) is 11.6 Å². The number of alkyl halides is 2. The Bertz CT molecular complexity index is 1170. The third-order valence-corrected chi connectivity index (χ3v) is 4.19. The Morgan fingerprint density at radius 2 is 1.90 bits per heavy atom. The molecule has 148 valence electrons. The molecule has 0 aliphatic heterocycles. The first-order valence-corrected chi connectivity index (χ1v) is 8.44. The largest absolute Gasteiger partial charge is 0.481 e. The zero-order valence-electron chi connectivity index (χ0n) is 15.1. The SMILES string of the molecule is COc1cc(Cn2ncc3ncc(-c4ccc(F)c(OC(F)F)c4)cc32)ncn1. The molecule has 3 aromatic heterocycles. The highest BCUT2D eigenvalue weighted by molar-refractivity contribution is 5.80. The second-order valence-electron chi connectivity index (χ2n) is 6.01. The van der Waals surface area contributed by atoms with Gasteiger partial charge in [0.2, 0.25) is 5.88 Å². The van der Waals surface area contributed by atoms with Crippen molar-refractivity contribution in [1.29, 1.82) is 0 Å². The molecule has 10 heteroatoms. The lowest BCUT2D eigenvalue weighted by Gasteiger charge is -2.09. The van der Waals surface area contributed by atoms with Gasteiger partial charge in [-0.2, -0.15) is 13.9 Å². The average molecular weight is 401 g/mol. The molecule has 4 aromatic rings. The van der Waals surface area contributed by atoms with E-state index in [2.05, 4.69) is 24.8 Å². The van der Waals surface area contributed by atoms with Gasteiger partial charge in [0, 0.05) is 17.8 Å². The Kier molecular flexibility index (Phi) is 4.98. The summed E-state index contributed by atoms with van der Waals surface area (Å²) in [6.07, 6.45) is 4.56. The standard InChI is InChI=1S/C19H14F3N5O2/c1-28-18-6-13(24-10-25-18)9-27-16-4-12(7-23-15(16)8-26-27)11-2-3-14(20)17(5-11)29-19(21)22/h2-8,10,19H,9H2,1H3. The fraction of sp³-hybridized carbons (Fsp3) is 0.158. The van der Waals surface area contributed by atoms with Crippen molar-refractivity contribution in [3.05, 3.63) is 60.6 Å². The smallest absolute Gasteiger partial charge is 0.387 e. The zero-order valence-corrected chi connectivity index (χ0v) is 15.1. The Hall–Kier alpha value is -3.69. The van der Waals surface area contributed by atoms with Gasteiger partial charge in [0.05, 0.1) is 31.1 Å². The van der Waals surface area contributed by atoms with E-state index in [4.69, 9.17) is 4.74 Å². The van der Waals surface area contributed by atoms with E-state index in [1.807, 2.05) is 0 Å². The minimum Gasteiger partial charge on any atom is -0.481 e. The van der Waals surface area contributed by atoms with Crippen molar-refractivity contribution in [3.8, 4) is 22.8 Å². The van der Waals surface area contributed by atoms with Crippen molar-refractivity contribution in [1.82, 2.24) is 24.7 Å². The van der Waals surface area contributed by atoms with E-state index in [1.165, 1.54) is 25.6 Å². The minimum atomic E-state index is -3.12. The lowest BCUT2D eigenvalue weighted by atomic mass is 10.1. The van der Waals surface area contributed by atoms with Crippen molar-refractivity contribution >= 4 is 11.0 Å². The van der Waals surface area contributed by atoms with E-state index in [9.17, 15) is 13.2 Å². The molecule has 29 heavy (non-hydrogen) atoms. The van der Waals surface area contributed by atoms with Gasteiger partial charge < -0.3 is 9.47 Å². The summed E-state index contributed by atoms with van der Waals surface area (Å²) in [5.74, 6) is -0.965. The molecule has 0 aliphatic carbocycles. The maximum atomic E-state index is 13.7. The zero-order chi connectivity index (χ0) is 20.4. The number of methoxy groups -OCH3 is 1. The van der Waals surface area contributed by atoms with Crippen LogP contribution in [0.3, 0.4) is 0 Å². The van der Waals surface area contributed by atoms with Gasteiger partial charge in [0.1, 0.15) is 11.8 Å². The number of pyridine rings is 1. The highest BCUT2D eigenvalue weighted by Gasteiger charge is 2.13. The number of fused-ring (bicyclic) bond motifs is 1. The van der Waals surface area contributed by atoms with Crippen molar-refractivity contribution in [2.75, 3.05) is 7.11 Å². The minimum absolute atomic E-state index is 0.344. The van der Waals surface area contributed by atoms with Crippen LogP contribution in [0.4, 0.5) is 13.2 Å². The lowest BCUT2D eigenvalue weighted by Crippen LogP contribution is -2.04. The summed E-state index contributed by atoms with van der Waals surface area (Å²) in [6, 6.07) is 7.22. The second-order valence-corrected chi connectivity index (χ2v) is 6.01. The topological polar surface area (TPSA) is 75.0 Å². The molecule has 0 saturated carbocycles. The molecular weight excluding hydrogens is 387 g/mol. The molecule has 4 rings (SSSR count). The fourth-order valence-electron chi connectivity index (χ4n) is 2.84. The third kappa shape index (κ3) is 3.96. The van der Waals surface area contributed by atoms with E-state index in [-0.39, 0.29) is 0 Å². The Balaban J connectivity index is 1.70. The molecule has 7 nitrogen and oxygen atoms in total. The summed E-state index contributed by atoms with van der Waals surface area (Å²) < 4.78 is 49.7. The molecule has 0 unspecified atom stereocenters. The van der Waals surface area contributed by atoms with Gasteiger partial charge in [-0.15, -0.1) is 0 Å². The van der Waals surface area contributed by atoms with Gasteiger partial charge in [-0.3, -0.25) is 9.67 Å². The van der Waals surface area contributed by atoms with E-state index in [0.29, 0.717) is 40.3 Å². The van der Waals surface area contributed by atoms with E-state index in [0.717, 1.165) is 6.07 Å². The first-order chi connectivity index (χ1) is 14.0. The Morgan fingerprint density at radius 3 is 2.69 bits per heavy atom. The Labute approximate surface area is 162 Å². The van der Waals surface area contributed by atoms with Crippen LogP contribution in [0.1, 0.15) is 5.69 Å². The average Bonchev–Trinajstić information content (AvgIpc) is 3.11. The predicted molar refractivity (Wildman–Crippen MR) is 97.2 cm³/mol. The van der Waals surface area contributed by atoms with Gasteiger partial charge >= 0.3 is 6.61 Å². The summed E-state index contributed by atoms with van der Waals surface area (Å²) in [7, 11) is 1.51. The summed E-state index contributed by atoms with van der Waals surface area (Å²) >= 11 is 0. The van der Waals surface area contributed by atoms with Gasteiger partial charge in [0.25, 0.3) is 0 Å². The molecule has 3 heterocycles. The fourth-order valence-corrected chi connectivity index (χ4v) is 2.84. The number of benzene rings is 1. The van der Waals surface area contributed by atoms with Crippen LogP contribution in [-0.2, 0) is 6.54 Å². The number of ether oxygens (including phenoxy) is 2. The number of nitrogens with zero attached hydrogens (tertiary/aromatic N) is 5. The van der Waals surface area contributed by atoms with E-state index >= 15 is 0 Å². The van der Waals surface area contributed by atoms with Crippen molar-refractivity contribution < 1.29 is 22.6 Å². The molecule has 0 bridgehead atoms. The quantitative estimate of drug-likeness (QED) is 0.491. The van der Waals surface area contributed by atoms with Crippen LogP contribution < -0.4 is 9.47 Å². The maximum Gasteiger partial charge on any atom is 0.387 e. The van der Waals surface area contributed by atoms with Crippen LogP contribution in [0.2, 0.25) is 0 Å². The monoisotopic (exact) mass is 401 g/mol. The highest BCUT2D eigenvalue weighted by atomic mass is 19.3. The first-order valence-electron chi connectivity index (χ1n) is 8.44. The van der Waals surface area contributed by atoms with Crippen LogP contribution in [0.25, 0.3) is 22.2 Å². The number of hydrogen-bond acceptors (Lipinski definition) is 6. The third-order valence-electron chi connectivity index (χ3n) is 4.19. The lowest BCUT2D eigenvalue weighted by molar-refractivity contribution is -0.0521. The molecule has 0 spiro atoms. The van der Waals surface area contributed by atoms with Gasteiger partial charge in [0.15, 0.2) is 11.6 Å². The second kappa shape index (κ2) is 7.74. The summed E-state index contributed by atoms with van der Waals surface area (Å²) in [5, 5.41) is 4.32. The van der Waals surface area contributed by atoms with Crippen LogP contribution in [0.15, 0.2) is 49.1 Å². The molecule has 0 fully saturated rings. The summed E-state index contributed by atoms with van der Waals surface area (Å²) in [5.41, 5.74) is 3.09. The first kappa shape index (κ1) is 18.7. The van der Waals surface area contributed by atoms with Crippen molar-refractivity contribution in [3.63, 3.8) is 0 Å². The molecule has 0 radical (unpaired) electrons. The van der Waals surface area contributed by atoms with Crippen LogP contribution in [0, 0.1) is 5.82 Å². The van der Waals surface area contributed by atoms with E-state index < -0.39 is 18.2 Å². The van der Waals surface area contributed by atoms with Crippen LogP contribution >= 0.6 is 0 Å². The summed E-state index contributed by atoms with van der Waals surface area (Å²) in [6.45, 7) is -2.77. The van der Waals surface area contributed by atoms with Crippen LogP contribution in [-0.4, -0.2) is 38.5 Å². The molecule has 0 saturated heterocycles.